The first-order valence-electron chi connectivity index (χ1n) is 14.2. The Kier molecular flexibility index (Phi) is 25.7. The maximum atomic E-state index is 11.6. The summed E-state index contributed by atoms with van der Waals surface area (Å²) in [5.41, 5.74) is 1.26. The van der Waals surface area contributed by atoms with Crippen LogP contribution in [-0.4, -0.2) is 110 Å². The zero-order valence-electron chi connectivity index (χ0n) is 28.2. The minimum absolute atomic E-state index is 0.184. The summed E-state index contributed by atoms with van der Waals surface area (Å²) in [4.78, 5) is 57.2. The van der Waals surface area contributed by atoms with Crippen molar-refractivity contribution in [3.05, 3.63) is 60.8 Å². The number of carbonyl (C=O) groups is 5. The van der Waals surface area contributed by atoms with Crippen molar-refractivity contribution in [3.8, 4) is 0 Å². The lowest BCUT2D eigenvalue weighted by Gasteiger charge is -2.28. The molecule has 0 aliphatic rings. The zero-order valence-corrected chi connectivity index (χ0v) is 30.0. The summed E-state index contributed by atoms with van der Waals surface area (Å²) < 4.78 is 47.7. The molecule has 0 bridgehead atoms. The van der Waals surface area contributed by atoms with Crippen LogP contribution in [0.1, 0.15) is 34.6 Å². The molecule has 47 heavy (non-hydrogen) atoms. The van der Waals surface area contributed by atoms with Crippen molar-refractivity contribution >= 4 is 50.7 Å². The first kappa shape index (κ1) is 45.6. The molecule has 14 nitrogen and oxygen atoms in total. The summed E-state index contributed by atoms with van der Waals surface area (Å²) in [6.45, 7) is 23.9. The van der Waals surface area contributed by atoms with Gasteiger partial charge in [-0.15, -0.1) is 0 Å². The van der Waals surface area contributed by atoms with Gasteiger partial charge in [-0.25, -0.2) is 24.0 Å². The molecule has 0 heterocycles. The fourth-order valence-corrected chi connectivity index (χ4v) is 4.37. The largest absolute Gasteiger partial charge is 0.680 e. The van der Waals surface area contributed by atoms with Gasteiger partial charge in [0.05, 0.1) is 26.4 Å². The van der Waals surface area contributed by atoms with E-state index in [0.717, 1.165) is 5.75 Å². The number of hydrogen-bond acceptors (Lipinski definition) is 15. The van der Waals surface area contributed by atoms with Crippen LogP contribution in [0.5, 0.6) is 0 Å². The standard InChI is InChI=1S/C24H36O12Si.C7H12O2S/c1-17(2)21(25)29-9-13-33-37(34-14-10-30-22(26)18(3)4,35-15-11-31-23(27)19(5)6)36-16-12-32-24(28)20(7)8;1-6(2)7(8)9-4-5-10-3/h1,3,5,7,9-16H2,2,4,6,8H3;1,4-5H2,2-3H3. The Morgan fingerprint density at radius 3 is 0.830 bits per heavy atom. The molecule has 0 fully saturated rings. The Morgan fingerprint density at radius 2 is 0.638 bits per heavy atom. The molecule has 0 amide bonds. The molecule has 0 aromatic carbocycles. The van der Waals surface area contributed by atoms with E-state index in [2.05, 4.69) is 32.9 Å². The lowest BCUT2D eigenvalue weighted by molar-refractivity contribution is -0.143. The number of esters is 5. The van der Waals surface area contributed by atoms with E-state index in [0.29, 0.717) is 12.2 Å². The van der Waals surface area contributed by atoms with Gasteiger partial charge in [0, 0.05) is 33.6 Å². The lowest BCUT2D eigenvalue weighted by Crippen LogP contribution is -2.51. The number of carbonyl (C=O) groups excluding carboxylic acids is 5. The molecule has 0 radical (unpaired) electrons. The Hall–Kier alpha value is -3.54. The fourth-order valence-electron chi connectivity index (χ4n) is 2.29. The van der Waals surface area contributed by atoms with Gasteiger partial charge in [-0.1, -0.05) is 32.9 Å². The van der Waals surface area contributed by atoms with Crippen molar-refractivity contribution in [2.24, 2.45) is 0 Å². The second kappa shape index (κ2) is 26.5. The predicted molar refractivity (Wildman–Crippen MR) is 177 cm³/mol. The Labute approximate surface area is 282 Å². The highest BCUT2D eigenvalue weighted by Gasteiger charge is 2.46. The van der Waals surface area contributed by atoms with Gasteiger partial charge in [-0.2, -0.15) is 11.8 Å². The van der Waals surface area contributed by atoms with E-state index in [4.69, 9.17) is 41.4 Å². The van der Waals surface area contributed by atoms with Crippen molar-refractivity contribution < 1.29 is 65.4 Å². The summed E-state index contributed by atoms with van der Waals surface area (Å²) in [5.74, 6) is -1.94. The summed E-state index contributed by atoms with van der Waals surface area (Å²) in [7, 11) is -4.05. The van der Waals surface area contributed by atoms with Crippen LogP contribution in [0.2, 0.25) is 0 Å². The van der Waals surface area contributed by atoms with Crippen molar-refractivity contribution in [3.63, 3.8) is 0 Å². The third-order valence-electron chi connectivity index (χ3n) is 4.64. The summed E-state index contributed by atoms with van der Waals surface area (Å²) in [6, 6.07) is 0. The smallest absolute Gasteiger partial charge is 0.461 e. The minimum Gasteiger partial charge on any atom is -0.461 e. The molecular weight excluding hydrogens is 656 g/mol. The molecule has 0 aromatic heterocycles. The number of rotatable bonds is 24. The molecule has 266 valence electrons. The van der Waals surface area contributed by atoms with Crippen LogP contribution in [0.15, 0.2) is 60.8 Å². The highest BCUT2D eigenvalue weighted by Crippen LogP contribution is 2.13. The van der Waals surface area contributed by atoms with E-state index in [-0.39, 0.29) is 81.1 Å². The van der Waals surface area contributed by atoms with E-state index < -0.39 is 32.9 Å². The third kappa shape index (κ3) is 24.3. The molecule has 0 rings (SSSR count). The molecule has 16 heteroatoms. The van der Waals surface area contributed by atoms with E-state index in [1.54, 1.807) is 18.7 Å². The molecule has 0 aliphatic carbocycles. The Bertz CT molecular complexity index is 976. The van der Waals surface area contributed by atoms with Gasteiger partial charge in [0.25, 0.3) is 0 Å². The van der Waals surface area contributed by atoms with Crippen molar-refractivity contribution in [1.29, 1.82) is 0 Å². The molecule has 0 aromatic rings. The van der Waals surface area contributed by atoms with Crippen LogP contribution in [0.25, 0.3) is 0 Å². The first-order chi connectivity index (χ1) is 22.0. The lowest BCUT2D eigenvalue weighted by atomic mass is 10.4. The minimum atomic E-state index is -4.05. The van der Waals surface area contributed by atoms with Gasteiger partial charge in [0.15, 0.2) is 0 Å². The molecule has 0 unspecified atom stereocenters. The van der Waals surface area contributed by atoms with Gasteiger partial charge in [0.2, 0.25) is 0 Å². The average Bonchev–Trinajstić information content (AvgIpc) is 3.01. The topological polar surface area (TPSA) is 168 Å². The normalized spacial score (nSPS) is 10.3. The SMILES string of the molecule is C=C(C)C(=O)OCCO[Si](OCCOC(=O)C(=C)C)(OCCOC(=O)C(=C)C)OCCOC(=O)C(=C)C.C=C(C)C(=O)OCCSC. The summed E-state index contributed by atoms with van der Waals surface area (Å²) in [6.07, 6.45) is 1.97. The Balaban J connectivity index is 0. The quantitative estimate of drug-likeness (QED) is 0.0471. The van der Waals surface area contributed by atoms with E-state index in [1.165, 1.54) is 27.7 Å². The second-order valence-corrected chi connectivity index (χ2v) is 12.6. The van der Waals surface area contributed by atoms with Crippen molar-refractivity contribution in [1.82, 2.24) is 0 Å². The molecule has 0 aliphatic heterocycles. The van der Waals surface area contributed by atoms with Crippen LogP contribution >= 0.6 is 11.8 Å². The fraction of sp³-hybridized carbons (Fsp3) is 0.516. The summed E-state index contributed by atoms with van der Waals surface area (Å²) >= 11 is 1.65. The molecule has 0 N–H and O–H groups in total. The molecular formula is C31H48O14SSi. The van der Waals surface area contributed by atoms with E-state index in [1.807, 2.05) is 6.26 Å². The molecule has 0 spiro atoms. The van der Waals surface area contributed by atoms with Crippen LogP contribution < -0.4 is 0 Å². The average molecular weight is 705 g/mol. The molecule has 0 saturated carbocycles. The van der Waals surface area contributed by atoms with E-state index >= 15 is 0 Å². The van der Waals surface area contributed by atoms with Crippen molar-refractivity contribution in [2.45, 2.75) is 34.6 Å². The third-order valence-corrected chi connectivity index (χ3v) is 7.45. The monoisotopic (exact) mass is 704 g/mol. The summed E-state index contributed by atoms with van der Waals surface area (Å²) in [5, 5.41) is 0. The highest BCUT2D eigenvalue weighted by molar-refractivity contribution is 7.98. The first-order valence-corrected chi connectivity index (χ1v) is 17.2. The van der Waals surface area contributed by atoms with Crippen LogP contribution in [0.3, 0.4) is 0 Å². The van der Waals surface area contributed by atoms with Crippen molar-refractivity contribution in [2.75, 3.05) is 71.5 Å². The zero-order chi connectivity index (χ0) is 36.4. The predicted octanol–water partition coefficient (Wildman–Crippen LogP) is 3.43. The van der Waals surface area contributed by atoms with Gasteiger partial charge in [0.1, 0.15) is 33.0 Å². The second-order valence-electron chi connectivity index (χ2n) is 9.47. The van der Waals surface area contributed by atoms with Crippen LogP contribution in [0, 0.1) is 0 Å². The maximum absolute atomic E-state index is 11.6. The maximum Gasteiger partial charge on any atom is 0.680 e. The highest BCUT2D eigenvalue weighted by atomic mass is 32.2. The molecule has 0 atom stereocenters. The number of thioether (sulfide) groups is 1. The number of hydrogen-bond donors (Lipinski definition) is 0. The Morgan fingerprint density at radius 1 is 0.426 bits per heavy atom. The van der Waals surface area contributed by atoms with Crippen LogP contribution in [0.4, 0.5) is 0 Å². The van der Waals surface area contributed by atoms with Crippen LogP contribution in [-0.2, 0) is 65.4 Å². The number of ether oxygens (including phenoxy) is 5. The van der Waals surface area contributed by atoms with Gasteiger partial charge >= 0.3 is 38.9 Å². The molecule has 0 saturated heterocycles. The van der Waals surface area contributed by atoms with Gasteiger partial charge in [-0.3, -0.25) is 0 Å². The van der Waals surface area contributed by atoms with E-state index in [9.17, 15) is 24.0 Å². The van der Waals surface area contributed by atoms with Gasteiger partial charge < -0.3 is 41.4 Å². The van der Waals surface area contributed by atoms with Gasteiger partial charge in [-0.05, 0) is 40.9 Å².